The number of nitrogens with zero attached hydrogens (tertiary/aromatic N) is 1. The van der Waals surface area contributed by atoms with Crippen molar-refractivity contribution in [3.8, 4) is 0 Å². The van der Waals surface area contributed by atoms with Crippen molar-refractivity contribution in [1.29, 1.82) is 0 Å². The molecule has 2 aromatic rings. The van der Waals surface area contributed by atoms with Gasteiger partial charge in [0.1, 0.15) is 0 Å². The van der Waals surface area contributed by atoms with Crippen LogP contribution in [0.1, 0.15) is 32.0 Å². The quantitative estimate of drug-likeness (QED) is 0.911. The Morgan fingerprint density at radius 2 is 2.10 bits per heavy atom. The van der Waals surface area contributed by atoms with Gasteiger partial charge in [-0.25, -0.2) is 4.79 Å². The number of anilines is 1. The second-order valence-electron chi connectivity index (χ2n) is 4.79. The van der Waals surface area contributed by atoms with Crippen LogP contribution in [0.2, 0.25) is 0 Å². The molecule has 2 heterocycles. The molecule has 1 amide bonds. The van der Waals surface area contributed by atoms with Crippen LogP contribution in [-0.2, 0) is 6.42 Å². The average molecular weight is 271 g/mol. The Labute approximate surface area is 115 Å². The van der Waals surface area contributed by atoms with E-state index in [1.165, 1.54) is 12.3 Å². The Kier molecular flexibility index (Phi) is 2.82. The summed E-state index contributed by atoms with van der Waals surface area (Å²) in [5.74, 6) is -0.811. The lowest BCUT2D eigenvalue weighted by molar-refractivity contribution is 0.0696. The Bertz CT molecular complexity index is 702. The first-order valence-corrected chi connectivity index (χ1v) is 6.30. The molecule has 5 heteroatoms. The molecular formula is C15H13NO4. The molecule has 0 unspecified atom stereocenters. The normalized spacial score (nSPS) is 13.3. The van der Waals surface area contributed by atoms with Crippen LogP contribution in [0.4, 0.5) is 5.69 Å². The van der Waals surface area contributed by atoms with Crippen molar-refractivity contribution in [3.63, 3.8) is 0 Å². The highest BCUT2D eigenvalue weighted by Gasteiger charge is 2.28. The van der Waals surface area contributed by atoms with Crippen molar-refractivity contribution in [2.45, 2.75) is 13.3 Å². The number of benzene rings is 1. The minimum absolute atomic E-state index is 0.186. The van der Waals surface area contributed by atoms with Crippen molar-refractivity contribution in [3.05, 3.63) is 53.0 Å². The summed E-state index contributed by atoms with van der Waals surface area (Å²) >= 11 is 0. The van der Waals surface area contributed by atoms with Gasteiger partial charge < -0.3 is 14.4 Å². The molecule has 1 N–H and O–H groups in total. The number of carbonyl (C=O) groups excluding carboxylic acids is 1. The van der Waals surface area contributed by atoms with Crippen LogP contribution < -0.4 is 4.90 Å². The molecule has 102 valence electrons. The SMILES string of the molecule is Cc1ccoc1C(=O)N1CCc2cc(C(=O)O)ccc21. The number of aromatic carboxylic acids is 1. The van der Waals surface area contributed by atoms with Gasteiger partial charge in [0.25, 0.3) is 5.91 Å². The van der Waals surface area contributed by atoms with E-state index in [0.717, 1.165) is 16.8 Å². The number of rotatable bonds is 2. The molecule has 1 aliphatic rings. The van der Waals surface area contributed by atoms with E-state index in [0.29, 0.717) is 18.7 Å². The molecule has 0 aliphatic carbocycles. The molecule has 0 spiro atoms. The molecule has 0 fully saturated rings. The van der Waals surface area contributed by atoms with Crippen molar-refractivity contribution < 1.29 is 19.1 Å². The second-order valence-corrected chi connectivity index (χ2v) is 4.79. The summed E-state index contributed by atoms with van der Waals surface area (Å²) in [7, 11) is 0. The van der Waals surface area contributed by atoms with Crippen LogP contribution in [0.5, 0.6) is 0 Å². The van der Waals surface area contributed by atoms with Gasteiger partial charge >= 0.3 is 5.97 Å². The number of hydrogen-bond donors (Lipinski definition) is 1. The molecule has 20 heavy (non-hydrogen) atoms. The highest BCUT2D eigenvalue weighted by Crippen LogP contribution is 2.30. The van der Waals surface area contributed by atoms with Gasteiger partial charge in [0.15, 0.2) is 5.76 Å². The lowest BCUT2D eigenvalue weighted by Crippen LogP contribution is -2.29. The standard InChI is InChI=1S/C15H13NO4/c1-9-5-7-20-13(9)14(17)16-6-4-10-8-11(15(18)19)2-3-12(10)16/h2-3,5,7-8H,4,6H2,1H3,(H,18,19). The number of carboxylic acids is 1. The molecule has 3 rings (SSSR count). The van der Waals surface area contributed by atoms with E-state index in [2.05, 4.69) is 0 Å². The zero-order valence-electron chi connectivity index (χ0n) is 10.9. The Balaban J connectivity index is 1.96. The number of fused-ring (bicyclic) bond motifs is 1. The maximum absolute atomic E-state index is 12.4. The first kappa shape index (κ1) is 12.5. The van der Waals surface area contributed by atoms with Crippen molar-refractivity contribution in [2.75, 3.05) is 11.4 Å². The van der Waals surface area contributed by atoms with E-state index in [1.54, 1.807) is 23.1 Å². The molecule has 5 nitrogen and oxygen atoms in total. The Morgan fingerprint density at radius 3 is 2.75 bits per heavy atom. The molecule has 0 saturated heterocycles. The number of hydrogen-bond acceptors (Lipinski definition) is 3. The fourth-order valence-electron chi connectivity index (χ4n) is 2.46. The Hall–Kier alpha value is -2.56. The van der Waals surface area contributed by atoms with E-state index < -0.39 is 5.97 Å². The molecule has 1 aromatic carbocycles. The van der Waals surface area contributed by atoms with Gasteiger partial charge in [-0.2, -0.15) is 0 Å². The van der Waals surface area contributed by atoms with E-state index >= 15 is 0 Å². The van der Waals surface area contributed by atoms with Crippen molar-refractivity contribution >= 4 is 17.6 Å². The summed E-state index contributed by atoms with van der Waals surface area (Å²) in [5.41, 5.74) is 2.68. The minimum atomic E-state index is -0.959. The van der Waals surface area contributed by atoms with Crippen molar-refractivity contribution in [2.24, 2.45) is 0 Å². The summed E-state index contributed by atoms with van der Waals surface area (Å²) in [6.45, 7) is 2.36. The van der Waals surface area contributed by atoms with Gasteiger partial charge in [-0.3, -0.25) is 4.79 Å². The summed E-state index contributed by atoms with van der Waals surface area (Å²) < 4.78 is 5.23. The molecule has 1 aliphatic heterocycles. The summed E-state index contributed by atoms with van der Waals surface area (Å²) in [5, 5.41) is 8.98. The average Bonchev–Trinajstić information content (AvgIpc) is 3.03. The van der Waals surface area contributed by atoms with Crippen LogP contribution in [0.15, 0.2) is 34.9 Å². The molecule has 0 atom stereocenters. The van der Waals surface area contributed by atoms with Gasteiger partial charge in [-0.05, 0) is 43.2 Å². The lowest BCUT2D eigenvalue weighted by Gasteiger charge is -2.16. The highest BCUT2D eigenvalue weighted by atomic mass is 16.4. The number of amides is 1. The third-order valence-corrected chi connectivity index (χ3v) is 3.52. The zero-order chi connectivity index (χ0) is 14.3. The van der Waals surface area contributed by atoms with Gasteiger partial charge in [-0.1, -0.05) is 0 Å². The van der Waals surface area contributed by atoms with Crippen LogP contribution >= 0.6 is 0 Å². The van der Waals surface area contributed by atoms with Crippen LogP contribution in [-0.4, -0.2) is 23.5 Å². The largest absolute Gasteiger partial charge is 0.478 e. The van der Waals surface area contributed by atoms with E-state index in [4.69, 9.17) is 9.52 Å². The third kappa shape index (κ3) is 1.87. The summed E-state index contributed by atoms with van der Waals surface area (Å²) in [6, 6.07) is 6.57. The van der Waals surface area contributed by atoms with E-state index in [9.17, 15) is 9.59 Å². The fraction of sp³-hybridized carbons (Fsp3) is 0.200. The first-order valence-electron chi connectivity index (χ1n) is 6.30. The lowest BCUT2D eigenvalue weighted by atomic mass is 10.1. The maximum atomic E-state index is 12.4. The van der Waals surface area contributed by atoms with Crippen LogP contribution in [0, 0.1) is 6.92 Å². The van der Waals surface area contributed by atoms with Gasteiger partial charge in [-0.15, -0.1) is 0 Å². The van der Waals surface area contributed by atoms with Gasteiger partial charge in [0.05, 0.1) is 11.8 Å². The molecule has 0 bridgehead atoms. The predicted molar refractivity (Wildman–Crippen MR) is 72.2 cm³/mol. The third-order valence-electron chi connectivity index (χ3n) is 3.52. The van der Waals surface area contributed by atoms with E-state index in [-0.39, 0.29) is 11.5 Å². The smallest absolute Gasteiger partial charge is 0.335 e. The minimum Gasteiger partial charge on any atom is -0.478 e. The maximum Gasteiger partial charge on any atom is 0.335 e. The number of carboxylic acid groups (broad SMARTS) is 1. The molecule has 0 saturated carbocycles. The zero-order valence-corrected chi connectivity index (χ0v) is 10.9. The molecule has 0 radical (unpaired) electrons. The highest BCUT2D eigenvalue weighted by molar-refractivity contribution is 6.06. The van der Waals surface area contributed by atoms with Crippen molar-refractivity contribution in [1.82, 2.24) is 0 Å². The first-order chi connectivity index (χ1) is 9.58. The van der Waals surface area contributed by atoms with Gasteiger partial charge in [0, 0.05) is 17.8 Å². The molecule has 1 aromatic heterocycles. The number of furan rings is 1. The predicted octanol–water partition coefficient (Wildman–Crippen LogP) is 2.49. The molecular weight excluding hydrogens is 258 g/mol. The topological polar surface area (TPSA) is 70.8 Å². The Morgan fingerprint density at radius 1 is 1.30 bits per heavy atom. The van der Waals surface area contributed by atoms with E-state index in [1.807, 2.05) is 6.92 Å². The number of carbonyl (C=O) groups is 2. The number of aryl methyl sites for hydroxylation is 1. The van der Waals surface area contributed by atoms with Gasteiger partial charge in [0.2, 0.25) is 0 Å². The second kappa shape index (κ2) is 4.52. The summed E-state index contributed by atoms with van der Waals surface area (Å²) in [6.07, 6.45) is 2.15. The fourth-order valence-corrected chi connectivity index (χ4v) is 2.46. The van der Waals surface area contributed by atoms with Crippen LogP contribution in [0.25, 0.3) is 0 Å². The summed E-state index contributed by atoms with van der Waals surface area (Å²) in [4.78, 5) is 25.0. The van der Waals surface area contributed by atoms with Crippen LogP contribution in [0.3, 0.4) is 0 Å². The monoisotopic (exact) mass is 271 g/mol.